The Labute approximate surface area is 153 Å². The number of fused-ring (bicyclic) bond motifs is 1. The van der Waals surface area contributed by atoms with Crippen molar-refractivity contribution in [1.29, 1.82) is 0 Å². The van der Waals surface area contributed by atoms with E-state index < -0.39 is 0 Å². The normalized spacial score (nSPS) is 20.7. The van der Waals surface area contributed by atoms with Crippen LogP contribution in [0.1, 0.15) is 36.7 Å². The van der Waals surface area contributed by atoms with Crippen LogP contribution in [0.2, 0.25) is 0 Å². The third-order valence-electron chi connectivity index (χ3n) is 5.35. The van der Waals surface area contributed by atoms with Crippen molar-refractivity contribution in [3.63, 3.8) is 0 Å². The predicted molar refractivity (Wildman–Crippen MR) is 96.0 cm³/mol. The van der Waals surface area contributed by atoms with Gasteiger partial charge < -0.3 is 14.5 Å². The fourth-order valence-corrected chi connectivity index (χ4v) is 3.80. The quantitative estimate of drug-likeness (QED) is 0.807. The number of amides is 1. The van der Waals surface area contributed by atoms with Gasteiger partial charge in [-0.15, -0.1) is 10.2 Å². The number of aromatic nitrogens is 4. The molecule has 8 heteroatoms. The van der Waals surface area contributed by atoms with Crippen LogP contribution in [0.4, 0.5) is 0 Å². The van der Waals surface area contributed by atoms with E-state index in [9.17, 15) is 4.79 Å². The van der Waals surface area contributed by atoms with Crippen LogP contribution in [-0.2, 0) is 9.53 Å². The van der Waals surface area contributed by atoms with Crippen LogP contribution in [0.25, 0.3) is 5.65 Å². The van der Waals surface area contributed by atoms with E-state index in [0.717, 1.165) is 69.2 Å². The summed E-state index contributed by atoms with van der Waals surface area (Å²) in [7, 11) is 0. The number of carbonyl (C=O) groups is 1. The molecule has 0 unspecified atom stereocenters. The highest BCUT2D eigenvalue weighted by Gasteiger charge is 2.26. The first kappa shape index (κ1) is 17.4. The number of ether oxygens (including phenoxy) is 1. The number of nitrogens with zero attached hydrogens (tertiary/aromatic N) is 6. The number of carbonyl (C=O) groups excluding carboxylic acids is 1. The van der Waals surface area contributed by atoms with Crippen LogP contribution in [0, 0.1) is 6.92 Å². The fraction of sp³-hybridized carbons (Fsp3) is 0.667. The second-order valence-corrected chi connectivity index (χ2v) is 7.21. The van der Waals surface area contributed by atoms with Gasteiger partial charge in [-0.3, -0.25) is 4.79 Å². The van der Waals surface area contributed by atoms with Gasteiger partial charge in [-0.1, -0.05) is 0 Å². The topological polar surface area (TPSA) is 75.9 Å². The molecule has 0 aliphatic carbocycles. The molecule has 0 N–H and O–H groups in total. The summed E-state index contributed by atoms with van der Waals surface area (Å²) >= 11 is 0. The molecular formula is C18H26N6O2. The van der Waals surface area contributed by atoms with Gasteiger partial charge in [0.1, 0.15) is 6.61 Å². The van der Waals surface area contributed by atoms with Gasteiger partial charge in [0.2, 0.25) is 5.91 Å². The van der Waals surface area contributed by atoms with Crippen LogP contribution in [0.5, 0.6) is 0 Å². The summed E-state index contributed by atoms with van der Waals surface area (Å²) in [5.74, 6) is 1.49. The molecule has 2 aromatic rings. The first-order valence-corrected chi connectivity index (χ1v) is 9.47. The molecule has 2 aliphatic heterocycles. The third-order valence-corrected chi connectivity index (χ3v) is 5.35. The van der Waals surface area contributed by atoms with Crippen molar-refractivity contribution in [2.75, 3.05) is 45.9 Å². The van der Waals surface area contributed by atoms with Gasteiger partial charge in [-0.05, 0) is 51.4 Å². The van der Waals surface area contributed by atoms with Gasteiger partial charge in [-0.2, -0.15) is 9.61 Å². The van der Waals surface area contributed by atoms with Crippen LogP contribution in [0.3, 0.4) is 0 Å². The summed E-state index contributed by atoms with van der Waals surface area (Å²) in [6.45, 7) is 7.47. The van der Waals surface area contributed by atoms with Crippen molar-refractivity contribution < 1.29 is 9.53 Å². The molecule has 4 rings (SSSR count). The molecule has 2 saturated heterocycles. The Bertz CT molecular complexity index is 768. The lowest BCUT2D eigenvalue weighted by Gasteiger charge is -2.32. The molecule has 0 spiro atoms. The third kappa shape index (κ3) is 3.71. The molecule has 2 aromatic heterocycles. The lowest BCUT2D eigenvalue weighted by Crippen LogP contribution is -2.42. The zero-order valence-corrected chi connectivity index (χ0v) is 15.3. The van der Waals surface area contributed by atoms with E-state index >= 15 is 0 Å². The van der Waals surface area contributed by atoms with Crippen LogP contribution in [0.15, 0.2) is 12.1 Å². The largest absolute Gasteiger partial charge is 0.372 e. The summed E-state index contributed by atoms with van der Waals surface area (Å²) < 4.78 is 7.20. The molecule has 0 saturated carbocycles. The molecule has 26 heavy (non-hydrogen) atoms. The molecule has 2 aliphatic rings. The minimum absolute atomic E-state index is 0.119. The highest BCUT2D eigenvalue weighted by atomic mass is 16.5. The zero-order valence-electron chi connectivity index (χ0n) is 15.3. The molecule has 0 radical (unpaired) electrons. The van der Waals surface area contributed by atoms with Gasteiger partial charge in [-0.25, -0.2) is 0 Å². The van der Waals surface area contributed by atoms with Gasteiger partial charge in [0.05, 0.1) is 5.69 Å². The smallest absolute Gasteiger partial charge is 0.248 e. The molecule has 2 fully saturated rings. The van der Waals surface area contributed by atoms with Crippen molar-refractivity contribution in [3.8, 4) is 0 Å². The summed E-state index contributed by atoms with van der Waals surface area (Å²) in [4.78, 5) is 16.4. The summed E-state index contributed by atoms with van der Waals surface area (Å²) in [5.41, 5.74) is 1.79. The highest BCUT2D eigenvalue weighted by Crippen LogP contribution is 2.26. The van der Waals surface area contributed by atoms with Gasteiger partial charge in [0, 0.05) is 32.2 Å². The molecule has 0 atom stereocenters. The Morgan fingerprint density at radius 2 is 2.00 bits per heavy atom. The minimum atomic E-state index is 0.119. The maximum absolute atomic E-state index is 12.0. The average Bonchev–Trinajstić information content (AvgIpc) is 2.95. The van der Waals surface area contributed by atoms with Crippen molar-refractivity contribution >= 4 is 11.6 Å². The van der Waals surface area contributed by atoms with E-state index in [1.54, 1.807) is 0 Å². The average molecular weight is 358 g/mol. The van der Waals surface area contributed by atoms with Gasteiger partial charge >= 0.3 is 0 Å². The molecule has 140 valence electrons. The Kier molecular flexibility index (Phi) is 5.12. The highest BCUT2D eigenvalue weighted by molar-refractivity contribution is 5.77. The fourth-order valence-electron chi connectivity index (χ4n) is 3.80. The SMILES string of the molecule is Cc1ccc2nnc(C3CCN(CCN4CCCOCC4=O)CC3)n2n1. The zero-order chi connectivity index (χ0) is 17.9. The number of hydrogen-bond acceptors (Lipinski definition) is 6. The van der Waals surface area contributed by atoms with Crippen molar-refractivity contribution in [2.45, 2.75) is 32.1 Å². The molecule has 0 aromatic carbocycles. The van der Waals surface area contributed by atoms with E-state index in [1.165, 1.54) is 0 Å². The Balaban J connectivity index is 1.32. The molecular weight excluding hydrogens is 332 g/mol. The standard InChI is InChI=1S/C18H26N6O2/c1-14-3-4-16-19-20-18(24(16)21-14)15-5-8-22(9-6-15)10-11-23-7-2-12-26-13-17(23)25/h3-4,15H,2,5-13H2,1H3. The van der Waals surface area contributed by atoms with E-state index in [2.05, 4.69) is 20.2 Å². The van der Waals surface area contributed by atoms with Crippen molar-refractivity contribution in [3.05, 3.63) is 23.7 Å². The number of piperidine rings is 1. The molecule has 8 nitrogen and oxygen atoms in total. The van der Waals surface area contributed by atoms with Gasteiger partial charge in [0.25, 0.3) is 0 Å². The predicted octanol–water partition coefficient (Wildman–Crippen LogP) is 0.861. The molecule has 1 amide bonds. The summed E-state index contributed by atoms with van der Waals surface area (Å²) in [5, 5.41) is 13.2. The molecule has 4 heterocycles. The monoisotopic (exact) mass is 358 g/mol. The van der Waals surface area contributed by atoms with E-state index in [0.29, 0.717) is 12.5 Å². The van der Waals surface area contributed by atoms with E-state index in [1.807, 2.05) is 28.5 Å². The lowest BCUT2D eigenvalue weighted by molar-refractivity contribution is -0.134. The van der Waals surface area contributed by atoms with Crippen LogP contribution >= 0.6 is 0 Å². The van der Waals surface area contributed by atoms with E-state index in [-0.39, 0.29) is 12.5 Å². The number of hydrogen-bond donors (Lipinski definition) is 0. The number of rotatable bonds is 4. The minimum Gasteiger partial charge on any atom is -0.372 e. The van der Waals surface area contributed by atoms with Gasteiger partial charge in [0.15, 0.2) is 11.5 Å². The summed E-state index contributed by atoms with van der Waals surface area (Å²) in [6.07, 6.45) is 3.03. The second kappa shape index (κ2) is 7.67. The maximum Gasteiger partial charge on any atom is 0.248 e. The van der Waals surface area contributed by atoms with Crippen LogP contribution in [-0.4, -0.2) is 81.5 Å². The summed E-state index contributed by atoms with van der Waals surface area (Å²) in [6, 6.07) is 3.93. The van der Waals surface area contributed by atoms with Crippen LogP contribution < -0.4 is 0 Å². The molecule has 0 bridgehead atoms. The Hall–Kier alpha value is -2.06. The van der Waals surface area contributed by atoms with E-state index in [4.69, 9.17) is 4.74 Å². The Morgan fingerprint density at radius 3 is 2.85 bits per heavy atom. The second-order valence-electron chi connectivity index (χ2n) is 7.21. The first-order chi connectivity index (χ1) is 12.7. The Morgan fingerprint density at radius 1 is 1.15 bits per heavy atom. The maximum atomic E-state index is 12.0. The number of likely N-dealkylation sites (tertiary alicyclic amines) is 1. The van der Waals surface area contributed by atoms with Crippen molar-refractivity contribution in [2.24, 2.45) is 0 Å². The first-order valence-electron chi connectivity index (χ1n) is 9.47. The lowest BCUT2D eigenvalue weighted by atomic mass is 9.96. The van der Waals surface area contributed by atoms with Crippen molar-refractivity contribution in [1.82, 2.24) is 29.6 Å². The number of aryl methyl sites for hydroxylation is 1.